The molecule has 0 aliphatic rings. The van der Waals surface area contributed by atoms with Crippen molar-refractivity contribution in [3.8, 4) is 0 Å². The van der Waals surface area contributed by atoms with E-state index in [1.165, 1.54) is 13.8 Å². The molecule has 1 unspecified atom stereocenters. The summed E-state index contributed by atoms with van der Waals surface area (Å²) >= 11 is 0. The largest absolute Gasteiger partial charge is 0.481 e. The molecule has 0 heterocycles. The van der Waals surface area contributed by atoms with Crippen LogP contribution in [0.1, 0.15) is 39.5 Å². The first kappa shape index (κ1) is 14.1. The van der Waals surface area contributed by atoms with E-state index >= 15 is 0 Å². The number of carbonyl (C=O) groups excluding carboxylic acids is 1. The zero-order valence-electron chi connectivity index (χ0n) is 9.06. The van der Waals surface area contributed by atoms with Crippen molar-refractivity contribution in [1.82, 2.24) is 0 Å². The van der Waals surface area contributed by atoms with Gasteiger partial charge in [0.05, 0.1) is 18.1 Å². The van der Waals surface area contributed by atoms with E-state index in [4.69, 9.17) is 5.11 Å². The number of ketones is 1. The molecule has 5 heteroatoms. The third-order valence-electron chi connectivity index (χ3n) is 2.13. The van der Waals surface area contributed by atoms with Crippen LogP contribution in [0.5, 0.6) is 0 Å². The summed E-state index contributed by atoms with van der Waals surface area (Å²) in [6.45, 7) is 2.92. The molecule has 5 nitrogen and oxygen atoms in total. The van der Waals surface area contributed by atoms with Gasteiger partial charge in [-0.25, -0.2) is 0 Å². The van der Waals surface area contributed by atoms with Crippen molar-refractivity contribution in [1.29, 1.82) is 0 Å². The molecule has 0 aromatic rings. The summed E-state index contributed by atoms with van der Waals surface area (Å²) in [6, 6.07) is 0. The van der Waals surface area contributed by atoms with Gasteiger partial charge in [-0.2, -0.15) is 0 Å². The van der Waals surface area contributed by atoms with Crippen LogP contribution in [0.4, 0.5) is 0 Å². The van der Waals surface area contributed by atoms with E-state index in [2.05, 4.69) is 0 Å². The highest BCUT2D eigenvalue weighted by Crippen LogP contribution is 2.14. The second-order valence-electron chi connectivity index (χ2n) is 4.14. The Morgan fingerprint density at radius 3 is 2.13 bits per heavy atom. The third-order valence-corrected chi connectivity index (χ3v) is 2.13. The molecule has 0 amide bonds. The van der Waals surface area contributed by atoms with Crippen LogP contribution in [0.25, 0.3) is 0 Å². The maximum atomic E-state index is 11.1. The normalized spacial score (nSPS) is 13.6. The number of aliphatic carboxylic acids is 1. The highest BCUT2D eigenvalue weighted by atomic mass is 16.4. The summed E-state index contributed by atoms with van der Waals surface area (Å²) < 4.78 is 0. The lowest BCUT2D eigenvalue weighted by molar-refractivity contribution is -0.138. The Kier molecular flexibility index (Phi) is 5.46. The Bertz CT molecular complexity index is 228. The number of Topliss-reactive ketones (excluding diaryl/α,β-unsaturated/α-hetero) is 1. The van der Waals surface area contributed by atoms with E-state index in [1.54, 1.807) is 0 Å². The molecule has 0 fully saturated rings. The fraction of sp³-hybridized carbons (Fsp3) is 0.800. The average molecular weight is 218 g/mol. The molecule has 0 saturated carbocycles. The van der Waals surface area contributed by atoms with E-state index < -0.39 is 17.7 Å². The second kappa shape index (κ2) is 5.82. The summed E-state index contributed by atoms with van der Waals surface area (Å²) in [5.41, 5.74) is -1.23. The van der Waals surface area contributed by atoms with Crippen LogP contribution >= 0.6 is 0 Å². The molecular weight excluding hydrogens is 200 g/mol. The maximum absolute atomic E-state index is 11.1. The zero-order valence-corrected chi connectivity index (χ0v) is 9.06. The van der Waals surface area contributed by atoms with Gasteiger partial charge in [0.25, 0.3) is 0 Å². The Morgan fingerprint density at radius 1 is 1.20 bits per heavy atom. The van der Waals surface area contributed by atoms with Crippen LogP contribution in [0.3, 0.4) is 0 Å². The van der Waals surface area contributed by atoms with Crippen molar-refractivity contribution in [2.75, 3.05) is 0 Å². The van der Waals surface area contributed by atoms with Crippen LogP contribution in [0.2, 0.25) is 0 Å². The predicted octanol–water partition coefficient (Wildman–Crippen LogP) is 0.332. The number of hydrogen-bond acceptors (Lipinski definition) is 4. The molecule has 0 aliphatic heterocycles. The molecular formula is C10H18O5. The number of rotatable bonds is 7. The minimum atomic E-state index is -1.23. The Labute approximate surface area is 88.7 Å². The number of hydrogen-bond donors (Lipinski definition) is 3. The summed E-state index contributed by atoms with van der Waals surface area (Å²) in [7, 11) is 0. The molecule has 0 aromatic heterocycles. The van der Waals surface area contributed by atoms with Crippen LogP contribution in [0.15, 0.2) is 0 Å². The number of carboxylic acid groups (broad SMARTS) is 1. The summed E-state index contributed by atoms with van der Waals surface area (Å²) in [6.07, 6.45) is -0.919. The third kappa shape index (κ3) is 7.04. The predicted molar refractivity (Wildman–Crippen MR) is 53.4 cm³/mol. The molecule has 0 spiro atoms. The fourth-order valence-corrected chi connectivity index (χ4v) is 1.02. The molecule has 0 saturated heterocycles. The van der Waals surface area contributed by atoms with Crippen LogP contribution in [-0.2, 0) is 9.59 Å². The van der Waals surface area contributed by atoms with E-state index in [0.29, 0.717) is 0 Å². The number of aliphatic hydroxyl groups excluding tert-OH is 1. The van der Waals surface area contributed by atoms with Crippen LogP contribution < -0.4 is 0 Å². The van der Waals surface area contributed by atoms with Gasteiger partial charge in [-0.1, -0.05) is 0 Å². The topological polar surface area (TPSA) is 94.8 Å². The lowest BCUT2D eigenvalue weighted by Crippen LogP contribution is -2.36. The first-order valence-corrected chi connectivity index (χ1v) is 4.87. The lowest BCUT2D eigenvalue weighted by atomic mass is 9.96. The molecule has 0 radical (unpaired) electrons. The van der Waals surface area contributed by atoms with Crippen molar-refractivity contribution >= 4 is 11.8 Å². The molecule has 15 heavy (non-hydrogen) atoms. The van der Waals surface area contributed by atoms with Gasteiger partial charge in [0.2, 0.25) is 0 Å². The van der Waals surface area contributed by atoms with Gasteiger partial charge in [-0.05, 0) is 20.3 Å². The fourth-order valence-electron chi connectivity index (χ4n) is 1.02. The molecule has 0 aromatic carbocycles. The van der Waals surface area contributed by atoms with Crippen molar-refractivity contribution in [2.24, 2.45) is 0 Å². The van der Waals surface area contributed by atoms with E-state index in [9.17, 15) is 19.8 Å². The van der Waals surface area contributed by atoms with Crippen LogP contribution in [-0.4, -0.2) is 38.8 Å². The van der Waals surface area contributed by atoms with Gasteiger partial charge in [-0.3, -0.25) is 9.59 Å². The summed E-state index contributed by atoms with van der Waals surface area (Å²) in [4.78, 5) is 21.3. The molecule has 3 N–H and O–H groups in total. The Hall–Kier alpha value is -0.940. The van der Waals surface area contributed by atoms with Gasteiger partial charge in [0, 0.05) is 12.8 Å². The van der Waals surface area contributed by atoms with Crippen molar-refractivity contribution < 1.29 is 24.9 Å². The summed E-state index contributed by atoms with van der Waals surface area (Å²) in [5.74, 6) is -1.22. The van der Waals surface area contributed by atoms with Gasteiger partial charge in [0.1, 0.15) is 5.78 Å². The molecule has 0 rings (SSSR count). The number of aliphatic hydroxyl groups is 2. The average Bonchev–Trinajstić information content (AvgIpc) is 2.09. The highest BCUT2D eigenvalue weighted by Gasteiger charge is 2.24. The smallest absolute Gasteiger partial charge is 0.303 e. The minimum Gasteiger partial charge on any atom is -0.481 e. The van der Waals surface area contributed by atoms with Crippen LogP contribution in [0, 0.1) is 0 Å². The van der Waals surface area contributed by atoms with Crippen molar-refractivity contribution in [3.63, 3.8) is 0 Å². The highest BCUT2D eigenvalue weighted by molar-refractivity contribution is 5.82. The second-order valence-corrected chi connectivity index (χ2v) is 4.14. The Morgan fingerprint density at radius 2 is 1.73 bits per heavy atom. The molecule has 1 atom stereocenters. The van der Waals surface area contributed by atoms with E-state index in [0.717, 1.165) is 0 Å². The molecule has 88 valence electrons. The van der Waals surface area contributed by atoms with Gasteiger partial charge >= 0.3 is 5.97 Å². The van der Waals surface area contributed by atoms with Gasteiger partial charge in [-0.15, -0.1) is 0 Å². The number of carboxylic acids is 1. The van der Waals surface area contributed by atoms with Gasteiger partial charge < -0.3 is 15.3 Å². The first-order valence-electron chi connectivity index (χ1n) is 4.87. The van der Waals surface area contributed by atoms with Crippen molar-refractivity contribution in [3.05, 3.63) is 0 Å². The SMILES string of the molecule is CC(C)(O)C(O)CCC(=O)CCC(=O)O. The summed E-state index contributed by atoms with van der Waals surface area (Å²) in [5, 5.41) is 27.1. The quantitative estimate of drug-likeness (QED) is 0.572. The first-order chi connectivity index (χ1) is 6.73. The lowest BCUT2D eigenvalue weighted by Gasteiger charge is -2.23. The minimum absolute atomic E-state index is 0.0199. The van der Waals surface area contributed by atoms with Gasteiger partial charge in [0.15, 0.2) is 0 Å². The monoisotopic (exact) mass is 218 g/mol. The standard InChI is InChI=1S/C10H18O5/c1-10(2,15)8(12)5-3-7(11)4-6-9(13)14/h8,12,15H,3-6H2,1-2H3,(H,13,14). The zero-order chi connectivity index (χ0) is 12.1. The van der Waals surface area contributed by atoms with Crippen molar-refractivity contribution in [2.45, 2.75) is 51.2 Å². The van der Waals surface area contributed by atoms with E-state index in [-0.39, 0.29) is 31.5 Å². The molecule has 0 bridgehead atoms. The molecule has 0 aliphatic carbocycles. The maximum Gasteiger partial charge on any atom is 0.303 e. The van der Waals surface area contributed by atoms with E-state index in [1.807, 2.05) is 0 Å². The number of carbonyl (C=O) groups is 2. The Balaban J connectivity index is 3.76.